The predicted molar refractivity (Wildman–Crippen MR) is 78.9 cm³/mol. The van der Waals surface area contributed by atoms with Gasteiger partial charge in [0.1, 0.15) is 0 Å². The van der Waals surface area contributed by atoms with Crippen molar-refractivity contribution in [1.29, 1.82) is 0 Å². The number of rotatable bonds is 2. The van der Waals surface area contributed by atoms with E-state index in [1.165, 1.54) is 11.7 Å². The Kier molecular flexibility index (Phi) is 3.50. The van der Waals surface area contributed by atoms with Crippen molar-refractivity contribution in [2.75, 3.05) is 20.2 Å². The molecule has 0 radical (unpaired) electrons. The first kappa shape index (κ1) is 13.8. The molecule has 1 N–H and O–H groups in total. The molecule has 1 fully saturated rings. The van der Waals surface area contributed by atoms with Crippen LogP contribution >= 0.6 is 0 Å². The van der Waals surface area contributed by atoms with Gasteiger partial charge in [-0.05, 0) is 32.0 Å². The Morgan fingerprint density at radius 2 is 1.95 bits per heavy atom. The third kappa shape index (κ3) is 2.23. The van der Waals surface area contributed by atoms with Crippen molar-refractivity contribution in [2.24, 2.45) is 7.05 Å². The molecule has 0 unspecified atom stereocenters. The van der Waals surface area contributed by atoms with Crippen LogP contribution in [0, 0.1) is 0 Å². The van der Waals surface area contributed by atoms with Crippen LogP contribution in [0.1, 0.15) is 18.9 Å². The number of aryl methyl sites for hydroxylation is 1. The third-order valence-corrected chi connectivity index (χ3v) is 4.01. The number of fused-ring (bicyclic) bond motifs is 1. The van der Waals surface area contributed by atoms with E-state index >= 15 is 0 Å². The number of pyridine rings is 1. The van der Waals surface area contributed by atoms with Crippen LogP contribution in [-0.4, -0.2) is 34.3 Å². The minimum Gasteiger partial charge on any atom is -0.481 e. The highest BCUT2D eigenvalue weighted by atomic mass is 16.5. The molecule has 7 heteroatoms. The fourth-order valence-corrected chi connectivity index (χ4v) is 2.83. The molecule has 1 aliphatic heterocycles. The Balaban J connectivity index is 2.34. The van der Waals surface area contributed by atoms with Gasteiger partial charge in [-0.15, -0.1) is 0 Å². The van der Waals surface area contributed by atoms with Gasteiger partial charge >= 0.3 is 11.1 Å². The number of hydrogen-bond acceptors (Lipinski definition) is 5. The van der Waals surface area contributed by atoms with Crippen LogP contribution in [-0.2, 0) is 7.05 Å². The molecule has 1 aliphatic rings. The molecule has 0 amide bonds. The molecule has 0 saturated carbocycles. The van der Waals surface area contributed by atoms with Gasteiger partial charge in [0.25, 0.3) is 0 Å². The first-order chi connectivity index (χ1) is 10.1. The van der Waals surface area contributed by atoms with Crippen LogP contribution in [0.2, 0.25) is 0 Å². The quantitative estimate of drug-likeness (QED) is 0.789. The minimum atomic E-state index is -0.520. The van der Waals surface area contributed by atoms with Crippen LogP contribution in [0.3, 0.4) is 0 Å². The van der Waals surface area contributed by atoms with Gasteiger partial charge in [0, 0.05) is 19.2 Å². The molecule has 112 valence electrons. The molecule has 21 heavy (non-hydrogen) atoms. The average molecular weight is 290 g/mol. The average Bonchev–Trinajstić information content (AvgIpc) is 2.53. The van der Waals surface area contributed by atoms with Crippen molar-refractivity contribution < 1.29 is 4.74 Å². The van der Waals surface area contributed by atoms with Crippen molar-refractivity contribution >= 4 is 11.2 Å². The van der Waals surface area contributed by atoms with Crippen molar-refractivity contribution in [1.82, 2.24) is 19.4 Å². The maximum atomic E-state index is 12.4. The van der Waals surface area contributed by atoms with E-state index in [2.05, 4.69) is 10.3 Å². The van der Waals surface area contributed by atoms with Crippen LogP contribution in [0.5, 0.6) is 5.88 Å². The van der Waals surface area contributed by atoms with E-state index in [1.54, 1.807) is 23.7 Å². The van der Waals surface area contributed by atoms with Gasteiger partial charge in [-0.25, -0.2) is 0 Å². The van der Waals surface area contributed by atoms with Crippen LogP contribution in [0.25, 0.3) is 11.2 Å². The summed E-state index contributed by atoms with van der Waals surface area (Å²) in [4.78, 5) is 29.0. The van der Waals surface area contributed by atoms with Gasteiger partial charge in [-0.1, -0.05) is 0 Å². The number of piperidine rings is 1. The predicted octanol–water partition coefficient (Wildman–Crippen LogP) is 0.0283. The number of methoxy groups -OCH3 is 1. The maximum absolute atomic E-state index is 12.4. The zero-order valence-electron chi connectivity index (χ0n) is 12.1. The Morgan fingerprint density at radius 3 is 2.62 bits per heavy atom. The van der Waals surface area contributed by atoms with Gasteiger partial charge in [-0.3, -0.25) is 14.2 Å². The summed E-state index contributed by atoms with van der Waals surface area (Å²) in [5.74, 6) is 0.434. The van der Waals surface area contributed by atoms with Gasteiger partial charge in [0.15, 0.2) is 5.65 Å². The summed E-state index contributed by atoms with van der Waals surface area (Å²) in [6, 6.07) is 3.45. The second-order valence-corrected chi connectivity index (χ2v) is 5.22. The Bertz CT molecular complexity index is 787. The molecular formula is C14H18N4O3. The van der Waals surface area contributed by atoms with Gasteiger partial charge in [0.05, 0.1) is 12.6 Å². The molecule has 0 aliphatic carbocycles. The van der Waals surface area contributed by atoms with Crippen molar-refractivity contribution in [3.63, 3.8) is 0 Å². The largest absolute Gasteiger partial charge is 0.481 e. The minimum absolute atomic E-state index is 0.00486. The topological polar surface area (TPSA) is 78.2 Å². The maximum Gasteiger partial charge on any atom is 0.318 e. The highest BCUT2D eigenvalue weighted by Gasteiger charge is 2.22. The number of hydrogen-bond donors (Lipinski definition) is 1. The third-order valence-electron chi connectivity index (χ3n) is 4.01. The summed E-state index contributed by atoms with van der Waals surface area (Å²) in [6.07, 6.45) is 1.61. The van der Waals surface area contributed by atoms with Crippen molar-refractivity contribution in [3.05, 3.63) is 32.8 Å². The number of nitrogens with zero attached hydrogens (tertiary/aromatic N) is 3. The Hall–Kier alpha value is -2.15. The summed E-state index contributed by atoms with van der Waals surface area (Å²) < 4.78 is 8.04. The molecule has 0 bridgehead atoms. The molecule has 0 spiro atoms. The molecule has 2 aromatic heterocycles. The zero-order chi connectivity index (χ0) is 15.0. The van der Waals surface area contributed by atoms with E-state index in [0.717, 1.165) is 25.9 Å². The second-order valence-electron chi connectivity index (χ2n) is 5.22. The van der Waals surface area contributed by atoms with E-state index in [4.69, 9.17) is 4.74 Å². The number of ether oxygens (including phenoxy) is 1. The molecule has 7 nitrogen and oxygen atoms in total. The SMILES string of the molecule is COc1ccc2c(n1)n(C1CCNCC1)c(=O)c(=O)n2C. The fourth-order valence-electron chi connectivity index (χ4n) is 2.83. The lowest BCUT2D eigenvalue weighted by atomic mass is 10.1. The number of nitrogens with one attached hydrogen (secondary N) is 1. The number of aromatic nitrogens is 3. The lowest BCUT2D eigenvalue weighted by Crippen LogP contribution is -2.44. The summed E-state index contributed by atoms with van der Waals surface area (Å²) in [6.45, 7) is 1.66. The van der Waals surface area contributed by atoms with E-state index < -0.39 is 11.1 Å². The summed E-state index contributed by atoms with van der Waals surface area (Å²) in [7, 11) is 3.12. The molecule has 3 rings (SSSR count). The van der Waals surface area contributed by atoms with E-state index in [-0.39, 0.29) is 6.04 Å². The first-order valence-corrected chi connectivity index (χ1v) is 7.00. The van der Waals surface area contributed by atoms with E-state index in [0.29, 0.717) is 17.0 Å². The van der Waals surface area contributed by atoms with E-state index in [9.17, 15) is 9.59 Å². The summed E-state index contributed by atoms with van der Waals surface area (Å²) >= 11 is 0. The zero-order valence-corrected chi connectivity index (χ0v) is 12.1. The first-order valence-electron chi connectivity index (χ1n) is 7.00. The van der Waals surface area contributed by atoms with Gasteiger partial charge in [0.2, 0.25) is 5.88 Å². The lowest BCUT2D eigenvalue weighted by molar-refractivity contribution is 0.362. The molecule has 0 aromatic carbocycles. The van der Waals surface area contributed by atoms with Crippen LogP contribution in [0.4, 0.5) is 0 Å². The summed E-state index contributed by atoms with van der Waals surface area (Å²) in [5, 5.41) is 3.26. The smallest absolute Gasteiger partial charge is 0.318 e. The highest BCUT2D eigenvalue weighted by Crippen LogP contribution is 2.21. The second kappa shape index (κ2) is 5.33. The van der Waals surface area contributed by atoms with Crippen molar-refractivity contribution in [2.45, 2.75) is 18.9 Å². The lowest BCUT2D eigenvalue weighted by Gasteiger charge is -2.25. The van der Waals surface area contributed by atoms with Gasteiger partial charge in [-0.2, -0.15) is 4.98 Å². The fraction of sp³-hybridized carbons (Fsp3) is 0.500. The van der Waals surface area contributed by atoms with Crippen LogP contribution in [0.15, 0.2) is 21.7 Å². The molecule has 2 aromatic rings. The molecule has 0 atom stereocenters. The van der Waals surface area contributed by atoms with E-state index in [1.807, 2.05) is 0 Å². The van der Waals surface area contributed by atoms with Crippen LogP contribution < -0.4 is 21.2 Å². The molecule has 1 saturated heterocycles. The summed E-state index contributed by atoms with van der Waals surface area (Å²) in [5.41, 5.74) is 0.109. The Morgan fingerprint density at radius 1 is 1.24 bits per heavy atom. The molecular weight excluding hydrogens is 272 g/mol. The standard InChI is InChI=1S/C14H18N4O3/c1-17-10-3-4-11(21-2)16-12(10)18(14(20)13(17)19)9-5-7-15-8-6-9/h3-4,9,15H,5-8H2,1-2H3. The normalized spacial score (nSPS) is 16.3. The Labute approximate surface area is 121 Å². The van der Waals surface area contributed by atoms with Gasteiger partial charge < -0.3 is 14.6 Å². The molecule has 3 heterocycles. The monoisotopic (exact) mass is 290 g/mol. The highest BCUT2D eigenvalue weighted by molar-refractivity contribution is 5.71. The van der Waals surface area contributed by atoms with Crippen molar-refractivity contribution in [3.8, 4) is 5.88 Å².